The number of benzene rings is 2. The van der Waals surface area contributed by atoms with Crippen LogP contribution in [-0.4, -0.2) is 30.5 Å². The number of carbonyl (C=O) groups is 3. The van der Waals surface area contributed by atoms with E-state index in [0.717, 1.165) is 5.56 Å². The number of amides is 2. The van der Waals surface area contributed by atoms with Gasteiger partial charge in [0.2, 0.25) is 0 Å². The maximum absolute atomic E-state index is 12.0. The van der Waals surface area contributed by atoms with Crippen molar-refractivity contribution < 1.29 is 23.9 Å². The summed E-state index contributed by atoms with van der Waals surface area (Å²) in [5.74, 6) is -1.86. The molecule has 0 fully saturated rings. The molecule has 6 heteroatoms. The van der Waals surface area contributed by atoms with Crippen LogP contribution in [0.5, 0.6) is 0 Å². The first-order valence-electron chi connectivity index (χ1n) is 8.22. The third kappa shape index (κ3) is 6.14. The summed E-state index contributed by atoms with van der Waals surface area (Å²) >= 11 is 0. The second-order valence-corrected chi connectivity index (χ2v) is 5.88. The van der Waals surface area contributed by atoms with Gasteiger partial charge in [-0.25, -0.2) is 4.79 Å². The van der Waals surface area contributed by atoms with Gasteiger partial charge in [-0.1, -0.05) is 30.3 Å². The van der Waals surface area contributed by atoms with Gasteiger partial charge in [-0.15, -0.1) is 0 Å². The molecule has 136 valence electrons. The van der Waals surface area contributed by atoms with Crippen LogP contribution in [0.1, 0.15) is 40.1 Å². The number of nitrogens with one attached hydrogen (secondary N) is 1. The van der Waals surface area contributed by atoms with Crippen molar-refractivity contribution >= 4 is 17.8 Å². The van der Waals surface area contributed by atoms with Crippen molar-refractivity contribution in [3.8, 4) is 0 Å². The predicted molar refractivity (Wildman–Crippen MR) is 95.6 cm³/mol. The Kier molecular flexibility index (Phi) is 7.05. The molecule has 0 aromatic heterocycles. The van der Waals surface area contributed by atoms with Crippen LogP contribution < -0.4 is 5.32 Å². The van der Waals surface area contributed by atoms with Crippen LogP contribution in [0.3, 0.4) is 0 Å². The molecule has 1 N–H and O–H groups in total. The fourth-order valence-corrected chi connectivity index (χ4v) is 2.04. The van der Waals surface area contributed by atoms with Crippen molar-refractivity contribution in [3.05, 3.63) is 71.3 Å². The lowest BCUT2D eigenvalue weighted by atomic mass is 10.1. The van der Waals surface area contributed by atoms with Crippen molar-refractivity contribution in [2.24, 2.45) is 0 Å². The average molecular weight is 355 g/mol. The van der Waals surface area contributed by atoms with E-state index in [1.54, 1.807) is 54.6 Å². The van der Waals surface area contributed by atoms with Crippen LogP contribution in [0.2, 0.25) is 0 Å². The number of imide groups is 1. The molecule has 2 rings (SSSR count). The number of esters is 1. The highest BCUT2D eigenvalue weighted by Gasteiger charge is 2.13. The van der Waals surface area contributed by atoms with Crippen LogP contribution in [0.25, 0.3) is 0 Å². The smallest absolute Gasteiger partial charge is 0.338 e. The number of rotatable bonds is 7. The van der Waals surface area contributed by atoms with Gasteiger partial charge in [0.05, 0.1) is 18.3 Å². The van der Waals surface area contributed by atoms with Crippen molar-refractivity contribution in [1.82, 2.24) is 5.32 Å². The van der Waals surface area contributed by atoms with Crippen LogP contribution in [0.4, 0.5) is 0 Å². The Hall–Kier alpha value is -2.99. The Morgan fingerprint density at radius 2 is 1.58 bits per heavy atom. The van der Waals surface area contributed by atoms with E-state index in [1.807, 2.05) is 13.8 Å². The van der Waals surface area contributed by atoms with Gasteiger partial charge in [0.25, 0.3) is 11.8 Å². The molecule has 2 aromatic carbocycles. The molecule has 6 nitrogen and oxygen atoms in total. The minimum Gasteiger partial charge on any atom is -0.452 e. The molecule has 0 radical (unpaired) electrons. The molecule has 0 bridgehead atoms. The summed E-state index contributed by atoms with van der Waals surface area (Å²) < 4.78 is 10.4. The third-order valence-electron chi connectivity index (χ3n) is 3.40. The Morgan fingerprint density at radius 3 is 2.19 bits per heavy atom. The Bertz CT molecular complexity index is 754. The minimum absolute atomic E-state index is 0.122. The van der Waals surface area contributed by atoms with E-state index < -0.39 is 24.4 Å². The molecule has 2 aromatic rings. The second-order valence-electron chi connectivity index (χ2n) is 5.88. The molecule has 0 saturated heterocycles. The highest BCUT2D eigenvalue weighted by Crippen LogP contribution is 2.08. The van der Waals surface area contributed by atoms with Gasteiger partial charge >= 0.3 is 5.97 Å². The molecular formula is C20H21NO5. The number of hydrogen-bond donors (Lipinski definition) is 1. The van der Waals surface area contributed by atoms with Crippen molar-refractivity contribution in [2.75, 3.05) is 6.61 Å². The van der Waals surface area contributed by atoms with E-state index >= 15 is 0 Å². The van der Waals surface area contributed by atoms with Gasteiger partial charge < -0.3 is 9.47 Å². The van der Waals surface area contributed by atoms with Crippen LogP contribution in [0, 0.1) is 0 Å². The Balaban J connectivity index is 1.80. The monoisotopic (exact) mass is 355 g/mol. The molecule has 0 heterocycles. The summed E-state index contributed by atoms with van der Waals surface area (Å²) in [6.45, 7) is 3.81. The molecule has 0 atom stereocenters. The van der Waals surface area contributed by atoms with Crippen molar-refractivity contribution in [1.29, 1.82) is 0 Å². The van der Waals surface area contributed by atoms with Gasteiger partial charge in [0.15, 0.2) is 6.61 Å². The highest BCUT2D eigenvalue weighted by molar-refractivity contribution is 6.05. The van der Waals surface area contributed by atoms with Gasteiger partial charge in [-0.2, -0.15) is 0 Å². The van der Waals surface area contributed by atoms with Gasteiger partial charge in [-0.3, -0.25) is 14.9 Å². The SMILES string of the molecule is CC(C)OCc1ccc(C(=O)OCC(=O)NC(=O)c2ccccc2)cc1. The van der Waals surface area contributed by atoms with Crippen molar-refractivity contribution in [3.63, 3.8) is 0 Å². The molecule has 0 aliphatic heterocycles. The fourth-order valence-electron chi connectivity index (χ4n) is 2.04. The molecule has 0 aliphatic carbocycles. The van der Waals surface area contributed by atoms with Gasteiger partial charge in [0.1, 0.15) is 0 Å². The standard InChI is InChI=1S/C20H21NO5/c1-14(2)25-12-15-8-10-17(11-9-15)20(24)26-13-18(22)21-19(23)16-6-4-3-5-7-16/h3-11,14H,12-13H2,1-2H3,(H,21,22,23). The maximum atomic E-state index is 12.0. The van der Waals surface area contributed by atoms with E-state index in [9.17, 15) is 14.4 Å². The second kappa shape index (κ2) is 9.48. The largest absolute Gasteiger partial charge is 0.452 e. The first-order valence-corrected chi connectivity index (χ1v) is 8.22. The van der Waals surface area contributed by atoms with E-state index in [0.29, 0.717) is 17.7 Å². The topological polar surface area (TPSA) is 81.7 Å². The summed E-state index contributed by atoms with van der Waals surface area (Å²) in [6.07, 6.45) is 0.122. The molecule has 2 amide bonds. The molecule has 0 aliphatic rings. The summed E-state index contributed by atoms with van der Waals surface area (Å²) in [5.41, 5.74) is 1.60. The molecule has 26 heavy (non-hydrogen) atoms. The predicted octanol–water partition coefficient (Wildman–Crippen LogP) is 2.73. The fraction of sp³-hybridized carbons (Fsp3) is 0.250. The lowest BCUT2D eigenvalue weighted by Gasteiger charge is -2.08. The summed E-state index contributed by atoms with van der Waals surface area (Å²) in [4.78, 5) is 35.5. The molecule has 0 saturated carbocycles. The Morgan fingerprint density at radius 1 is 0.923 bits per heavy atom. The van der Waals surface area contributed by atoms with Crippen molar-refractivity contribution in [2.45, 2.75) is 26.6 Å². The number of hydrogen-bond acceptors (Lipinski definition) is 5. The zero-order chi connectivity index (χ0) is 18.9. The first-order chi connectivity index (χ1) is 12.5. The van der Waals surface area contributed by atoms with E-state index in [2.05, 4.69) is 5.32 Å². The molecular weight excluding hydrogens is 334 g/mol. The zero-order valence-electron chi connectivity index (χ0n) is 14.7. The van der Waals surface area contributed by atoms with Crippen LogP contribution in [-0.2, 0) is 20.9 Å². The average Bonchev–Trinajstić information content (AvgIpc) is 2.65. The summed E-state index contributed by atoms with van der Waals surface area (Å²) in [5, 5.41) is 2.17. The normalized spacial score (nSPS) is 10.4. The number of carbonyl (C=O) groups excluding carboxylic acids is 3. The quantitative estimate of drug-likeness (QED) is 0.772. The van der Waals surface area contributed by atoms with E-state index in [1.165, 1.54) is 0 Å². The van der Waals surface area contributed by atoms with Crippen LogP contribution >= 0.6 is 0 Å². The van der Waals surface area contributed by atoms with Gasteiger partial charge in [-0.05, 0) is 43.7 Å². The maximum Gasteiger partial charge on any atom is 0.338 e. The molecule has 0 unspecified atom stereocenters. The number of ether oxygens (including phenoxy) is 2. The first kappa shape index (κ1) is 19.3. The minimum atomic E-state index is -0.686. The zero-order valence-corrected chi connectivity index (χ0v) is 14.7. The van der Waals surface area contributed by atoms with E-state index in [-0.39, 0.29) is 6.10 Å². The lowest BCUT2D eigenvalue weighted by Crippen LogP contribution is -2.34. The molecule has 0 spiro atoms. The summed E-state index contributed by atoms with van der Waals surface area (Å²) in [6, 6.07) is 15.0. The highest BCUT2D eigenvalue weighted by atomic mass is 16.5. The Labute approximate surface area is 152 Å². The summed E-state index contributed by atoms with van der Waals surface area (Å²) in [7, 11) is 0. The van der Waals surface area contributed by atoms with Crippen LogP contribution in [0.15, 0.2) is 54.6 Å². The third-order valence-corrected chi connectivity index (χ3v) is 3.40. The lowest BCUT2D eigenvalue weighted by molar-refractivity contribution is -0.123. The van der Waals surface area contributed by atoms with E-state index in [4.69, 9.17) is 9.47 Å². The van der Waals surface area contributed by atoms with Gasteiger partial charge in [0, 0.05) is 5.56 Å².